The number of nitrogens with one attached hydrogen (secondary N) is 1. The predicted molar refractivity (Wildman–Crippen MR) is 101 cm³/mol. The lowest BCUT2D eigenvalue weighted by Gasteiger charge is -2.29. The van der Waals surface area contributed by atoms with Gasteiger partial charge in [-0.15, -0.1) is 11.8 Å². The van der Waals surface area contributed by atoms with Gasteiger partial charge in [0.2, 0.25) is 5.91 Å². The van der Waals surface area contributed by atoms with Crippen LogP contribution in [0.5, 0.6) is 0 Å². The molecule has 2 fully saturated rings. The summed E-state index contributed by atoms with van der Waals surface area (Å²) in [5.41, 5.74) is 3.80. The number of rotatable bonds is 4. The number of hydrogen-bond donors (Lipinski definition) is 1. The second-order valence-corrected chi connectivity index (χ2v) is 8.70. The topological polar surface area (TPSA) is 75.7 Å². The second kappa shape index (κ2) is 6.95. The van der Waals surface area contributed by atoms with Gasteiger partial charge in [-0.2, -0.15) is 0 Å². The van der Waals surface area contributed by atoms with Crippen molar-refractivity contribution in [3.8, 4) is 0 Å². The molecule has 1 aromatic rings. The molecule has 0 bridgehead atoms. The van der Waals surface area contributed by atoms with E-state index in [4.69, 9.17) is 4.74 Å². The Kier molecular flexibility index (Phi) is 5.01. The van der Waals surface area contributed by atoms with E-state index in [9.17, 15) is 14.4 Å². The Hall–Kier alpha value is -2.02. The number of benzene rings is 1. The number of carbonyl (C=O) groups is 3. The average Bonchev–Trinajstić information content (AvgIpc) is 3.05. The first-order valence-corrected chi connectivity index (χ1v) is 9.70. The highest BCUT2D eigenvalue weighted by Gasteiger charge is 2.53. The van der Waals surface area contributed by atoms with Crippen LogP contribution in [0.4, 0.5) is 5.69 Å². The third kappa shape index (κ3) is 3.45. The fourth-order valence-electron chi connectivity index (χ4n) is 3.78. The Balaban J connectivity index is 1.58. The minimum atomic E-state index is -0.601. The lowest BCUT2D eigenvalue weighted by molar-refractivity contribution is -0.155. The normalized spacial score (nSPS) is 24.5. The van der Waals surface area contributed by atoms with E-state index in [2.05, 4.69) is 5.32 Å². The maximum atomic E-state index is 12.4. The molecule has 2 aliphatic rings. The summed E-state index contributed by atoms with van der Waals surface area (Å²) in [6, 6.07) is 3.38. The summed E-state index contributed by atoms with van der Waals surface area (Å²) in [6.45, 7) is 7.48. The van der Waals surface area contributed by atoms with E-state index in [1.54, 1.807) is 16.7 Å². The summed E-state index contributed by atoms with van der Waals surface area (Å²) >= 11 is 1.60. The molecule has 0 aromatic heterocycles. The molecule has 0 spiro atoms. The van der Waals surface area contributed by atoms with Gasteiger partial charge in [-0.25, -0.2) is 4.79 Å². The molecular weight excluding hydrogens is 352 g/mol. The van der Waals surface area contributed by atoms with Crippen LogP contribution >= 0.6 is 11.8 Å². The van der Waals surface area contributed by atoms with Gasteiger partial charge in [-0.1, -0.05) is 17.7 Å². The van der Waals surface area contributed by atoms with Crippen LogP contribution in [0, 0.1) is 20.8 Å². The molecule has 1 aromatic carbocycles. The zero-order chi connectivity index (χ0) is 19.1. The number of esters is 1. The molecule has 0 unspecified atom stereocenters. The first-order chi connectivity index (χ1) is 12.2. The lowest BCUT2D eigenvalue weighted by Crippen LogP contribution is -2.47. The molecule has 0 saturated carbocycles. The van der Waals surface area contributed by atoms with Crippen molar-refractivity contribution in [2.75, 3.05) is 17.7 Å². The summed E-state index contributed by atoms with van der Waals surface area (Å²) in [4.78, 5) is 38.0. The Morgan fingerprint density at radius 2 is 1.96 bits per heavy atom. The molecule has 6 nitrogen and oxygen atoms in total. The number of anilines is 1. The standard InChI is InChI=1S/C19H24N2O4S/c1-11-7-12(2)17(13(3)8-11)20-15(22)9-25-18(24)14-10-26-19(4)6-5-16(23)21(14)19/h7-8,14H,5-6,9-10H2,1-4H3,(H,20,22)/t14-,19+/m1/s1. The van der Waals surface area contributed by atoms with Crippen LogP contribution in [-0.2, 0) is 19.1 Å². The van der Waals surface area contributed by atoms with Gasteiger partial charge in [0.1, 0.15) is 6.04 Å². The van der Waals surface area contributed by atoms with E-state index in [1.165, 1.54) is 0 Å². The molecular formula is C19H24N2O4S. The van der Waals surface area contributed by atoms with Gasteiger partial charge in [0.15, 0.2) is 6.61 Å². The van der Waals surface area contributed by atoms with Crippen molar-refractivity contribution in [3.63, 3.8) is 0 Å². The van der Waals surface area contributed by atoms with Gasteiger partial charge in [0, 0.05) is 17.9 Å². The van der Waals surface area contributed by atoms with Crippen LogP contribution in [-0.4, -0.2) is 46.0 Å². The minimum Gasteiger partial charge on any atom is -0.454 e. The van der Waals surface area contributed by atoms with Crippen molar-refractivity contribution in [1.29, 1.82) is 0 Å². The van der Waals surface area contributed by atoms with Crippen molar-refractivity contribution >= 4 is 35.2 Å². The first-order valence-electron chi connectivity index (χ1n) is 8.72. The highest BCUT2D eigenvalue weighted by atomic mass is 32.2. The predicted octanol–water partition coefficient (Wildman–Crippen LogP) is 2.55. The zero-order valence-electron chi connectivity index (χ0n) is 15.5. The van der Waals surface area contributed by atoms with E-state index < -0.39 is 12.0 Å². The highest BCUT2D eigenvalue weighted by Crippen LogP contribution is 2.47. The summed E-state index contributed by atoms with van der Waals surface area (Å²) < 4.78 is 5.21. The van der Waals surface area contributed by atoms with Gasteiger partial charge in [-0.05, 0) is 45.2 Å². The molecule has 3 rings (SSSR count). The van der Waals surface area contributed by atoms with Gasteiger partial charge in [0.25, 0.3) is 5.91 Å². The van der Waals surface area contributed by atoms with Crippen LogP contribution in [0.3, 0.4) is 0 Å². The van der Waals surface area contributed by atoms with Crippen molar-refractivity contribution < 1.29 is 19.1 Å². The number of amides is 2. The molecule has 2 saturated heterocycles. The van der Waals surface area contributed by atoms with Crippen LogP contribution in [0.1, 0.15) is 36.5 Å². The number of fused-ring (bicyclic) bond motifs is 1. The van der Waals surface area contributed by atoms with E-state index in [0.29, 0.717) is 12.2 Å². The number of hydrogen-bond acceptors (Lipinski definition) is 5. The number of aryl methyl sites for hydroxylation is 3. The van der Waals surface area contributed by atoms with Crippen LogP contribution < -0.4 is 5.32 Å². The Bertz CT molecular complexity index is 756. The first kappa shape index (κ1) is 18.8. The number of carbonyl (C=O) groups excluding carboxylic acids is 3. The maximum absolute atomic E-state index is 12.4. The quantitative estimate of drug-likeness (QED) is 0.818. The molecule has 2 aliphatic heterocycles. The molecule has 0 aliphatic carbocycles. The van der Waals surface area contributed by atoms with Crippen LogP contribution in [0.15, 0.2) is 12.1 Å². The van der Waals surface area contributed by atoms with Crippen LogP contribution in [0.2, 0.25) is 0 Å². The Labute approximate surface area is 157 Å². The molecule has 0 radical (unpaired) electrons. The molecule has 1 N–H and O–H groups in total. The minimum absolute atomic E-state index is 0.0187. The lowest BCUT2D eigenvalue weighted by atomic mass is 10.1. The monoisotopic (exact) mass is 376 g/mol. The molecule has 2 amide bonds. The van der Waals surface area contributed by atoms with Crippen molar-refractivity contribution in [1.82, 2.24) is 4.90 Å². The third-order valence-corrected chi connectivity index (χ3v) is 6.51. The van der Waals surface area contributed by atoms with Crippen molar-refractivity contribution in [2.45, 2.75) is 51.4 Å². The largest absolute Gasteiger partial charge is 0.454 e. The molecule has 140 valence electrons. The molecule has 2 atom stereocenters. The zero-order valence-corrected chi connectivity index (χ0v) is 16.4. The number of nitrogens with zero attached hydrogens (tertiary/aromatic N) is 1. The summed E-state index contributed by atoms with van der Waals surface area (Å²) in [6.07, 6.45) is 1.20. The van der Waals surface area contributed by atoms with E-state index in [-0.39, 0.29) is 23.3 Å². The molecule has 2 heterocycles. The summed E-state index contributed by atoms with van der Waals surface area (Å²) in [7, 11) is 0. The summed E-state index contributed by atoms with van der Waals surface area (Å²) in [5, 5.41) is 2.81. The molecule has 7 heteroatoms. The smallest absolute Gasteiger partial charge is 0.330 e. The number of ether oxygens (including phenoxy) is 1. The number of thioether (sulfide) groups is 1. The van der Waals surface area contributed by atoms with E-state index in [0.717, 1.165) is 28.8 Å². The highest BCUT2D eigenvalue weighted by molar-refractivity contribution is 8.01. The average molecular weight is 376 g/mol. The SMILES string of the molecule is Cc1cc(C)c(NC(=O)COC(=O)[C@H]2CS[C@@]3(C)CCC(=O)N23)c(C)c1. The van der Waals surface area contributed by atoms with Crippen molar-refractivity contribution in [2.24, 2.45) is 0 Å². The third-order valence-electron chi connectivity index (χ3n) is 5.00. The maximum Gasteiger partial charge on any atom is 0.330 e. The van der Waals surface area contributed by atoms with Crippen molar-refractivity contribution in [3.05, 3.63) is 28.8 Å². The fraction of sp³-hybridized carbons (Fsp3) is 0.526. The van der Waals surface area contributed by atoms with E-state index in [1.807, 2.05) is 39.8 Å². The van der Waals surface area contributed by atoms with E-state index >= 15 is 0 Å². The fourth-order valence-corrected chi connectivity index (χ4v) is 5.20. The second-order valence-electron chi connectivity index (χ2n) is 7.20. The molecule has 26 heavy (non-hydrogen) atoms. The summed E-state index contributed by atoms with van der Waals surface area (Å²) in [5.74, 6) is -0.396. The van der Waals surface area contributed by atoms with Crippen LogP contribution in [0.25, 0.3) is 0 Å². The van der Waals surface area contributed by atoms with Gasteiger partial charge in [0.05, 0.1) is 4.87 Å². The van der Waals surface area contributed by atoms with Gasteiger partial charge in [-0.3, -0.25) is 9.59 Å². The van der Waals surface area contributed by atoms with Gasteiger partial charge < -0.3 is 15.0 Å². The van der Waals surface area contributed by atoms with Gasteiger partial charge >= 0.3 is 5.97 Å². The Morgan fingerprint density at radius 1 is 1.31 bits per heavy atom. The Morgan fingerprint density at radius 3 is 2.62 bits per heavy atom.